The van der Waals surface area contributed by atoms with Gasteiger partial charge in [-0.1, -0.05) is 113 Å². The molecule has 0 fully saturated rings. The third-order valence-corrected chi connectivity index (χ3v) is 7.47. The van der Waals surface area contributed by atoms with Crippen LogP contribution in [0.3, 0.4) is 0 Å². The molecule has 0 aromatic heterocycles. The van der Waals surface area contributed by atoms with Crippen LogP contribution in [0.2, 0.25) is 0 Å². The third-order valence-electron chi connectivity index (χ3n) is 7.47. The molecule has 0 bridgehead atoms. The van der Waals surface area contributed by atoms with E-state index in [1.54, 1.807) is 0 Å². The molecular weight excluding hydrogens is 568 g/mol. The zero-order valence-corrected chi connectivity index (χ0v) is 26.1. The highest BCUT2D eigenvalue weighted by Gasteiger charge is 2.27. The molecule has 0 amide bonds. The highest BCUT2D eigenvalue weighted by atomic mass is 17.5. The van der Waals surface area contributed by atoms with Gasteiger partial charge < -0.3 is 9.47 Å². The normalized spacial score (nSPS) is 12.1. The second kappa shape index (κ2) is 18.2. The van der Waals surface area contributed by atoms with Crippen molar-refractivity contribution >= 4 is 11.9 Å². The second-order valence-corrected chi connectivity index (χ2v) is 10.9. The van der Waals surface area contributed by atoms with Gasteiger partial charge in [-0.3, -0.25) is 9.78 Å². The Kier molecular flexibility index (Phi) is 13.5. The zero-order valence-electron chi connectivity index (χ0n) is 26.1. The average Bonchev–Trinajstić information content (AvgIpc) is 3.06. The molecule has 7 heteroatoms. The van der Waals surface area contributed by atoms with Crippen LogP contribution in [-0.4, -0.2) is 11.9 Å². The molecule has 0 saturated carbocycles. The van der Waals surface area contributed by atoms with Crippen molar-refractivity contribution in [2.24, 2.45) is 0 Å². The van der Waals surface area contributed by atoms with Crippen molar-refractivity contribution in [3.05, 3.63) is 120 Å². The van der Waals surface area contributed by atoms with Gasteiger partial charge in [0.25, 0.3) is 0 Å². The fourth-order valence-corrected chi connectivity index (χ4v) is 5.08. The summed E-state index contributed by atoms with van der Waals surface area (Å²) in [5.41, 5.74) is 1.46. The van der Waals surface area contributed by atoms with Crippen LogP contribution in [0.1, 0.15) is 88.2 Å². The molecular formula is C38H42O7. The number of ether oxygens (including phenoxy) is 2. The first-order chi connectivity index (χ1) is 22.1. The molecule has 0 heterocycles. The smallest absolute Gasteiger partial charge is 0.354 e. The molecule has 0 radical (unpaired) electrons. The lowest BCUT2D eigenvalue weighted by molar-refractivity contribution is -0.460. The van der Waals surface area contributed by atoms with Gasteiger partial charge in [0.1, 0.15) is 23.0 Å². The highest BCUT2D eigenvalue weighted by Crippen LogP contribution is 2.31. The molecule has 236 valence electrons. The van der Waals surface area contributed by atoms with Crippen molar-refractivity contribution in [1.82, 2.24) is 0 Å². The van der Waals surface area contributed by atoms with Crippen LogP contribution < -0.4 is 9.47 Å². The molecule has 0 aliphatic carbocycles. The van der Waals surface area contributed by atoms with Gasteiger partial charge in [0.15, 0.2) is 0 Å². The van der Waals surface area contributed by atoms with Crippen molar-refractivity contribution < 1.29 is 33.9 Å². The maximum Gasteiger partial charge on any atom is 0.354 e. The minimum Gasteiger partial charge on any atom is -0.457 e. The van der Waals surface area contributed by atoms with Gasteiger partial charge in [0, 0.05) is 5.04 Å². The predicted octanol–water partition coefficient (Wildman–Crippen LogP) is 10.2. The largest absolute Gasteiger partial charge is 0.457 e. The van der Waals surface area contributed by atoms with E-state index >= 15 is 0 Å². The van der Waals surface area contributed by atoms with Crippen molar-refractivity contribution in [2.75, 3.05) is 0 Å². The van der Waals surface area contributed by atoms with E-state index in [1.165, 1.54) is 0 Å². The van der Waals surface area contributed by atoms with E-state index in [1.807, 2.05) is 109 Å². The summed E-state index contributed by atoms with van der Waals surface area (Å²) in [6.45, 7) is 4.20. The quantitative estimate of drug-likeness (QED) is 0.0630. The number of rotatable bonds is 18. The van der Waals surface area contributed by atoms with Crippen LogP contribution in [0.15, 0.2) is 109 Å². The van der Waals surface area contributed by atoms with Crippen LogP contribution in [-0.2, 0) is 24.4 Å². The number of hydrogen-bond donors (Lipinski definition) is 0. The molecule has 0 N–H and O–H groups in total. The minimum absolute atomic E-state index is 0.548. The Balaban J connectivity index is 1.41. The van der Waals surface area contributed by atoms with E-state index in [-0.39, 0.29) is 0 Å². The molecule has 2 atom stereocenters. The van der Waals surface area contributed by atoms with Crippen LogP contribution in [0, 0.1) is 0 Å². The van der Waals surface area contributed by atoms with E-state index < -0.39 is 23.8 Å². The van der Waals surface area contributed by atoms with E-state index in [9.17, 15) is 9.59 Å². The standard InChI is InChI=1S/C38H42O7/c1-3-5-9-25-35(29-17-15-23-33(27-29)41-31-19-11-7-12-20-31)37(39)43-45-44-38(40)36(26-10-6-4-2)30-18-16-24-34(28-30)42-32-21-13-8-14-22-32/h7-8,11-24,27-28,35-36H,3-6,9-10,25-26H2,1-2H3. The molecule has 0 aliphatic rings. The molecule has 7 nitrogen and oxygen atoms in total. The van der Waals surface area contributed by atoms with Crippen LogP contribution >= 0.6 is 0 Å². The molecule has 45 heavy (non-hydrogen) atoms. The topological polar surface area (TPSA) is 80.3 Å². The lowest BCUT2D eigenvalue weighted by Gasteiger charge is -2.17. The summed E-state index contributed by atoms with van der Waals surface area (Å²) in [7, 11) is 0. The Bertz CT molecular complexity index is 1340. The van der Waals surface area contributed by atoms with Crippen LogP contribution in [0.4, 0.5) is 0 Å². The summed E-state index contributed by atoms with van der Waals surface area (Å²) in [5.74, 6) is 0.0680. The first kappa shape index (κ1) is 33.3. The summed E-state index contributed by atoms with van der Waals surface area (Å²) in [5, 5.41) is 4.86. The SMILES string of the molecule is CCCCCC(C(=O)OOOC(=O)C(CCCCC)c1cccc(Oc2ccccc2)c1)c1cccc(Oc2ccccc2)c1. The minimum atomic E-state index is -0.642. The number of unbranched alkanes of at least 4 members (excludes halogenated alkanes) is 4. The fraction of sp³-hybridized carbons (Fsp3) is 0.316. The molecule has 4 aromatic carbocycles. The summed E-state index contributed by atoms with van der Waals surface area (Å²) in [6.07, 6.45) is 6.67. The summed E-state index contributed by atoms with van der Waals surface area (Å²) in [6, 6.07) is 33.6. The molecule has 2 unspecified atom stereocenters. The van der Waals surface area contributed by atoms with E-state index in [0.717, 1.165) is 49.7 Å². The monoisotopic (exact) mass is 610 g/mol. The maximum absolute atomic E-state index is 13.3. The van der Waals surface area contributed by atoms with Crippen molar-refractivity contribution in [2.45, 2.75) is 77.0 Å². The Labute approximate surface area is 265 Å². The van der Waals surface area contributed by atoms with Gasteiger partial charge in [-0.05, 0) is 72.5 Å². The molecule has 4 aromatic rings. The van der Waals surface area contributed by atoms with Gasteiger partial charge in [-0.2, -0.15) is 0 Å². The Morgan fingerprint density at radius 2 is 0.911 bits per heavy atom. The van der Waals surface area contributed by atoms with Gasteiger partial charge in [0.2, 0.25) is 0 Å². The number of hydrogen-bond acceptors (Lipinski definition) is 7. The van der Waals surface area contributed by atoms with Crippen molar-refractivity contribution in [1.29, 1.82) is 0 Å². The highest BCUT2D eigenvalue weighted by molar-refractivity contribution is 5.79. The zero-order chi connectivity index (χ0) is 31.7. The van der Waals surface area contributed by atoms with Gasteiger partial charge in [-0.15, -0.1) is 0 Å². The number of carbonyl (C=O) groups is 2. The molecule has 0 saturated heterocycles. The molecule has 0 aliphatic heterocycles. The van der Waals surface area contributed by atoms with Crippen LogP contribution in [0.25, 0.3) is 0 Å². The van der Waals surface area contributed by atoms with Gasteiger partial charge in [-0.25, -0.2) is 9.59 Å². The van der Waals surface area contributed by atoms with E-state index in [4.69, 9.17) is 24.3 Å². The maximum atomic E-state index is 13.3. The summed E-state index contributed by atoms with van der Waals surface area (Å²) in [4.78, 5) is 36.7. The van der Waals surface area contributed by atoms with Crippen molar-refractivity contribution in [3.63, 3.8) is 0 Å². The lowest BCUT2D eigenvalue weighted by atomic mass is 9.93. The lowest BCUT2D eigenvalue weighted by Crippen LogP contribution is -2.21. The Hall–Kier alpha value is -4.62. The number of carbonyl (C=O) groups excluding carboxylic acids is 2. The summed E-state index contributed by atoms with van der Waals surface area (Å²) < 4.78 is 12.0. The van der Waals surface area contributed by atoms with Crippen molar-refractivity contribution in [3.8, 4) is 23.0 Å². The number of benzene rings is 4. The third kappa shape index (κ3) is 10.8. The molecule has 4 rings (SSSR count). The first-order valence-electron chi connectivity index (χ1n) is 15.8. The van der Waals surface area contributed by atoms with Gasteiger partial charge in [0.05, 0.1) is 11.8 Å². The Morgan fingerprint density at radius 1 is 0.511 bits per heavy atom. The fourth-order valence-electron chi connectivity index (χ4n) is 5.08. The average molecular weight is 611 g/mol. The molecule has 0 spiro atoms. The van der Waals surface area contributed by atoms with Gasteiger partial charge >= 0.3 is 11.9 Å². The first-order valence-corrected chi connectivity index (χ1v) is 15.8. The Morgan fingerprint density at radius 3 is 1.31 bits per heavy atom. The predicted molar refractivity (Wildman–Crippen MR) is 173 cm³/mol. The second-order valence-electron chi connectivity index (χ2n) is 10.9. The van der Waals surface area contributed by atoms with Crippen LogP contribution in [0.5, 0.6) is 23.0 Å². The summed E-state index contributed by atoms with van der Waals surface area (Å²) >= 11 is 0. The van der Waals surface area contributed by atoms with E-state index in [0.29, 0.717) is 35.8 Å². The number of para-hydroxylation sites is 2. The van der Waals surface area contributed by atoms with E-state index in [2.05, 4.69) is 13.8 Å².